The van der Waals surface area contributed by atoms with E-state index in [9.17, 15) is 18.3 Å². The Bertz CT molecular complexity index is 508. The van der Waals surface area contributed by atoms with E-state index in [4.69, 9.17) is 0 Å². The van der Waals surface area contributed by atoms with Crippen molar-refractivity contribution in [2.24, 2.45) is 0 Å². The number of sulfonamides is 1. The summed E-state index contributed by atoms with van der Waals surface area (Å²) in [5.41, 5.74) is -0.113. The zero-order valence-corrected chi connectivity index (χ0v) is 11.9. The van der Waals surface area contributed by atoms with E-state index in [1.165, 1.54) is 10.3 Å². The highest BCUT2D eigenvalue weighted by atomic mass is 32.2. The maximum Gasteiger partial charge on any atom is 0.250 e. The van der Waals surface area contributed by atoms with Crippen LogP contribution in [0.4, 0.5) is 0 Å². The van der Waals surface area contributed by atoms with Crippen LogP contribution < -0.4 is 14.7 Å². The Balaban J connectivity index is 2.60. The molecule has 2 N–H and O–H groups in total. The highest BCUT2D eigenvalue weighted by Gasteiger charge is 2.16. The standard InChI is InChI=1S/C10H16N2O4S2/c1-12(2)5-3-4-11-18(15,16)9-6-8(7-17-9)10(13)14/h6-7,11H,3-5H2,1-2H3,(H,13,14). The number of carbonyl (C=O) groups excluding carboxylic acids is 1. The fourth-order valence-electron chi connectivity index (χ4n) is 1.28. The van der Waals surface area contributed by atoms with Gasteiger partial charge < -0.3 is 14.8 Å². The molecule has 18 heavy (non-hydrogen) atoms. The Kier molecular flexibility index (Phi) is 5.27. The van der Waals surface area contributed by atoms with Crippen molar-refractivity contribution in [2.75, 3.05) is 27.2 Å². The molecule has 0 aromatic carbocycles. The smallest absolute Gasteiger partial charge is 0.250 e. The van der Waals surface area contributed by atoms with E-state index in [1.54, 1.807) is 0 Å². The maximum atomic E-state index is 11.8. The molecular formula is C10H16N2O4S2. The van der Waals surface area contributed by atoms with Gasteiger partial charge in [0.25, 0.3) is 0 Å². The highest BCUT2D eigenvalue weighted by molar-refractivity contribution is 7.91. The predicted octanol–water partition coefficient (Wildman–Crippen LogP) is -2.08. The zero-order valence-electron chi connectivity index (χ0n) is 10.2. The fourth-order valence-corrected chi connectivity index (χ4v) is 3.55. The van der Waals surface area contributed by atoms with Crippen molar-refractivity contribution in [3.63, 3.8) is 0 Å². The van der Waals surface area contributed by atoms with Crippen LogP contribution in [0.15, 0.2) is 15.7 Å². The fraction of sp³-hybridized carbons (Fsp3) is 0.500. The lowest BCUT2D eigenvalue weighted by molar-refractivity contribution is -0.858. The average Bonchev–Trinajstić information content (AvgIpc) is 2.74. The van der Waals surface area contributed by atoms with Gasteiger partial charge >= 0.3 is 0 Å². The summed E-state index contributed by atoms with van der Waals surface area (Å²) < 4.78 is 26.0. The molecule has 1 aromatic rings. The summed E-state index contributed by atoms with van der Waals surface area (Å²) >= 11 is 0.873. The van der Waals surface area contributed by atoms with Gasteiger partial charge in [0.1, 0.15) is 4.21 Å². The first-order valence-electron chi connectivity index (χ1n) is 5.41. The SMILES string of the molecule is C[NH+](C)CCCNS(=O)(=O)c1cc(C(=O)[O-])cs1. The molecule has 0 aliphatic carbocycles. The number of carbonyl (C=O) groups is 1. The minimum atomic E-state index is -3.60. The molecule has 0 spiro atoms. The Labute approximate surface area is 110 Å². The summed E-state index contributed by atoms with van der Waals surface area (Å²) in [4.78, 5) is 11.8. The summed E-state index contributed by atoms with van der Waals surface area (Å²) in [5.74, 6) is -1.37. The van der Waals surface area contributed by atoms with Gasteiger partial charge in [-0.25, -0.2) is 13.1 Å². The number of hydrogen-bond donors (Lipinski definition) is 2. The van der Waals surface area contributed by atoms with Crippen LogP contribution in [0, 0.1) is 0 Å². The predicted molar refractivity (Wildman–Crippen MR) is 66.1 cm³/mol. The van der Waals surface area contributed by atoms with E-state index in [0.717, 1.165) is 30.4 Å². The first-order valence-corrected chi connectivity index (χ1v) is 7.78. The molecule has 0 atom stereocenters. The molecule has 102 valence electrons. The van der Waals surface area contributed by atoms with Crippen molar-refractivity contribution in [3.8, 4) is 0 Å². The van der Waals surface area contributed by atoms with Crippen LogP contribution in [0.2, 0.25) is 0 Å². The molecule has 0 aliphatic heterocycles. The van der Waals surface area contributed by atoms with E-state index >= 15 is 0 Å². The van der Waals surface area contributed by atoms with Gasteiger partial charge in [-0.15, -0.1) is 11.3 Å². The number of aromatic carboxylic acids is 1. The molecule has 8 heteroatoms. The average molecular weight is 292 g/mol. The lowest BCUT2D eigenvalue weighted by atomic mass is 10.4. The number of carboxylic acid groups (broad SMARTS) is 1. The van der Waals surface area contributed by atoms with Crippen LogP contribution in [0.3, 0.4) is 0 Å². The second-order valence-corrected chi connectivity index (χ2v) is 7.06. The third-order valence-corrected chi connectivity index (χ3v) is 5.12. The Hall–Kier alpha value is -0.960. The maximum absolute atomic E-state index is 11.8. The molecule has 1 heterocycles. The molecule has 0 amide bonds. The molecule has 0 fully saturated rings. The van der Waals surface area contributed by atoms with Gasteiger partial charge in [0.15, 0.2) is 0 Å². The second-order valence-electron chi connectivity index (χ2n) is 4.15. The number of quaternary nitrogens is 1. The van der Waals surface area contributed by atoms with Gasteiger partial charge in [-0.3, -0.25) is 0 Å². The van der Waals surface area contributed by atoms with E-state index in [0.29, 0.717) is 6.54 Å². The Morgan fingerprint density at radius 1 is 1.50 bits per heavy atom. The van der Waals surface area contributed by atoms with Gasteiger partial charge in [0, 0.05) is 23.9 Å². The molecule has 0 saturated carbocycles. The van der Waals surface area contributed by atoms with Crippen LogP contribution in [0.1, 0.15) is 16.8 Å². The van der Waals surface area contributed by atoms with Gasteiger partial charge in [-0.05, 0) is 6.07 Å². The van der Waals surface area contributed by atoms with Crippen molar-refractivity contribution in [3.05, 3.63) is 17.0 Å². The summed E-state index contributed by atoms with van der Waals surface area (Å²) in [6.07, 6.45) is 0.723. The molecule has 1 rings (SSSR count). The Morgan fingerprint density at radius 2 is 2.17 bits per heavy atom. The number of hydrogen-bond acceptors (Lipinski definition) is 5. The van der Waals surface area contributed by atoms with Crippen LogP contribution >= 0.6 is 11.3 Å². The molecule has 0 saturated heterocycles. The summed E-state index contributed by atoms with van der Waals surface area (Å²) in [6.45, 7) is 1.20. The van der Waals surface area contributed by atoms with Crippen LogP contribution in [-0.2, 0) is 10.0 Å². The van der Waals surface area contributed by atoms with E-state index in [-0.39, 0.29) is 9.77 Å². The largest absolute Gasteiger partial charge is 0.545 e. The van der Waals surface area contributed by atoms with Crippen molar-refractivity contribution < 1.29 is 23.2 Å². The van der Waals surface area contributed by atoms with Crippen molar-refractivity contribution in [1.29, 1.82) is 0 Å². The van der Waals surface area contributed by atoms with Crippen molar-refractivity contribution in [1.82, 2.24) is 4.72 Å². The molecule has 0 radical (unpaired) electrons. The van der Waals surface area contributed by atoms with Crippen LogP contribution in [0.5, 0.6) is 0 Å². The van der Waals surface area contributed by atoms with Crippen LogP contribution in [-0.4, -0.2) is 41.6 Å². The van der Waals surface area contributed by atoms with Crippen molar-refractivity contribution in [2.45, 2.75) is 10.6 Å². The normalized spacial score (nSPS) is 11.9. The molecule has 0 bridgehead atoms. The molecule has 0 unspecified atom stereocenters. The molecule has 1 aromatic heterocycles. The molecular weight excluding hydrogens is 276 g/mol. The van der Waals surface area contributed by atoms with Gasteiger partial charge in [-0.2, -0.15) is 0 Å². The zero-order chi connectivity index (χ0) is 13.8. The number of rotatable bonds is 7. The monoisotopic (exact) mass is 292 g/mol. The van der Waals surface area contributed by atoms with Crippen LogP contribution in [0.25, 0.3) is 0 Å². The third kappa shape index (κ3) is 4.37. The van der Waals surface area contributed by atoms with E-state index in [2.05, 4.69) is 4.72 Å². The van der Waals surface area contributed by atoms with E-state index < -0.39 is 16.0 Å². The minimum absolute atomic E-state index is 0.00102. The minimum Gasteiger partial charge on any atom is -0.545 e. The lowest BCUT2D eigenvalue weighted by Gasteiger charge is -2.07. The molecule has 6 nitrogen and oxygen atoms in total. The van der Waals surface area contributed by atoms with Crippen molar-refractivity contribution >= 4 is 27.3 Å². The van der Waals surface area contributed by atoms with Gasteiger partial charge in [-0.1, -0.05) is 0 Å². The number of thiophene rings is 1. The second kappa shape index (κ2) is 6.28. The lowest BCUT2D eigenvalue weighted by Crippen LogP contribution is -3.05. The molecule has 0 aliphatic rings. The van der Waals surface area contributed by atoms with Gasteiger partial charge in [0.05, 0.1) is 26.6 Å². The highest BCUT2D eigenvalue weighted by Crippen LogP contribution is 2.19. The summed E-state index contributed by atoms with van der Waals surface area (Å²) in [6, 6.07) is 1.11. The van der Waals surface area contributed by atoms with E-state index in [1.807, 2.05) is 14.1 Å². The first kappa shape index (κ1) is 15.1. The Morgan fingerprint density at radius 3 is 2.67 bits per heavy atom. The number of nitrogens with one attached hydrogen (secondary N) is 2. The summed E-state index contributed by atoms with van der Waals surface area (Å²) in [7, 11) is 0.369. The van der Waals surface area contributed by atoms with Gasteiger partial charge in [0.2, 0.25) is 10.0 Å². The third-order valence-electron chi connectivity index (χ3n) is 2.22. The first-order chi connectivity index (χ1) is 8.33. The summed E-state index contributed by atoms with van der Waals surface area (Å²) in [5, 5.41) is 11.8. The number of carboxylic acids is 1. The quantitative estimate of drug-likeness (QED) is 0.565. The topological polar surface area (TPSA) is 90.7 Å².